The molecule has 0 heterocycles. The number of phenols is 2. The predicted molar refractivity (Wildman–Crippen MR) is 94.0 cm³/mol. The Hall–Kier alpha value is -3.13. The van der Waals surface area contributed by atoms with Crippen LogP contribution < -0.4 is 5.73 Å². The van der Waals surface area contributed by atoms with Crippen LogP contribution >= 0.6 is 0 Å². The van der Waals surface area contributed by atoms with Gasteiger partial charge in [0.15, 0.2) is 11.5 Å². The van der Waals surface area contributed by atoms with Crippen molar-refractivity contribution < 1.29 is 34.0 Å². The van der Waals surface area contributed by atoms with E-state index in [0.717, 1.165) is 12.1 Å². The number of carboxylic acid groups (broad SMARTS) is 1. The Morgan fingerprint density at radius 1 is 1.11 bits per heavy atom. The van der Waals surface area contributed by atoms with Gasteiger partial charge in [0.05, 0.1) is 5.56 Å². The number of rotatable bonds is 7. The Kier molecular flexibility index (Phi) is 6.36. The Balaban J connectivity index is 2.16. The van der Waals surface area contributed by atoms with E-state index < -0.39 is 41.6 Å². The van der Waals surface area contributed by atoms with Crippen molar-refractivity contribution in [1.82, 2.24) is 0 Å². The molecular weight excluding hydrogens is 357 g/mol. The summed E-state index contributed by atoms with van der Waals surface area (Å²) in [5.74, 6) is -3.98. The maximum atomic E-state index is 12.9. The van der Waals surface area contributed by atoms with Crippen LogP contribution in [0.25, 0.3) is 0 Å². The van der Waals surface area contributed by atoms with Gasteiger partial charge in [0.2, 0.25) is 0 Å². The summed E-state index contributed by atoms with van der Waals surface area (Å²) < 4.78 is 18.2. The topological polar surface area (TPSA) is 130 Å². The van der Waals surface area contributed by atoms with Gasteiger partial charge in [-0.15, -0.1) is 0 Å². The molecule has 0 spiro atoms. The van der Waals surface area contributed by atoms with E-state index in [1.807, 2.05) is 0 Å². The minimum absolute atomic E-state index is 0.0601. The number of carbonyl (C=O) groups excluding carboxylic acids is 1. The first-order valence-electron chi connectivity index (χ1n) is 8.16. The first-order valence-corrected chi connectivity index (χ1v) is 8.16. The number of nitrogens with two attached hydrogens (primary N) is 1. The third-order valence-corrected chi connectivity index (χ3v) is 4.12. The fourth-order valence-electron chi connectivity index (χ4n) is 2.68. The van der Waals surface area contributed by atoms with Gasteiger partial charge in [-0.25, -0.2) is 9.18 Å². The summed E-state index contributed by atoms with van der Waals surface area (Å²) >= 11 is 0. The molecule has 0 saturated heterocycles. The highest BCUT2D eigenvalue weighted by atomic mass is 19.1. The Morgan fingerprint density at radius 2 is 1.74 bits per heavy atom. The molecule has 0 aliphatic rings. The summed E-state index contributed by atoms with van der Waals surface area (Å²) in [6, 6.07) is 7.38. The second kappa shape index (κ2) is 8.50. The summed E-state index contributed by atoms with van der Waals surface area (Å²) in [4.78, 5) is 23.5. The van der Waals surface area contributed by atoms with Crippen LogP contribution in [0, 0.1) is 5.82 Å². The van der Waals surface area contributed by atoms with Crippen molar-refractivity contribution in [2.24, 2.45) is 5.73 Å². The minimum Gasteiger partial charge on any atom is -0.504 e. The van der Waals surface area contributed by atoms with Gasteiger partial charge in [-0.2, -0.15) is 0 Å². The number of ether oxygens (including phenoxy) is 1. The van der Waals surface area contributed by atoms with Crippen LogP contribution in [0.4, 0.5) is 4.39 Å². The molecule has 27 heavy (non-hydrogen) atoms. The zero-order valence-electron chi connectivity index (χ0n) is 14.5. The average Bonchev–Trinajstić information content (AvgIpc) is 2.62. The molecule has 7 nitrogen and oxygen atoms in total. The number of esters is 1. The molecule has 0 aromatic heterocycles. The molecular formula is C19H20FNO6. The van der Waals surface area contributed by atoms with E-state index in [9.17, 15) is 29.3 Å². The maximum Gasteiger partial charge on any atom is 0.338 e. The molecule has 144 valence electrons. The quantitative estimate of drug-likeness (QED) is 0.430. The van der Waals surface area contributed by atoms with E-state index in [1.165, 1.54) is 30.3 Å². The maximum absolute atomic E-state index is 12.9. The summed E-state index contributed by atoms with van der Waals surface area (Å²) in [5, 5.41) is 28.3. The normalized spacial score (nSPS) is 14.2. The third-order valence-electron chi connectivity index (χ3n) is 4.12. The van der Waals surface area contributed by atoms with Crippen molar-refractivity contribution in [3.8, 4) is 11.5 Å². The summed E-state index contributed by atoms with van der Waals surface area (Å²) in [7, 11) is 0. The van der Waals surface area contributed by atoms with Crippen LogP contribution in [0.5, 0.6) is 11.5 Å². The molecule has 2 aromatic carbocycles. The van der Waals surface area contributed by atoms with Gasteiger partial charge >= 0.3 is 11.9 Å². The van der Waals surface area contributed by atoms with Gasteiger partial charge in [0, 0.05) is 5.92 Å². The van der Waals surface area contributed by atoms with Crippen molar-refractivity contribution in [3.63, 3.8) is 0 Å². The van der Waals surface area contributed by atoms with Gasteiger partial charge < -0.3 is 25.8 Å². The molecule has 0 saturated carbocycles. The first kappa shape index (κ1) is 20.2. The molecule has 0 aliphatic heterocycles. The number of carboxylic acids is 1. The van der Waals surface area contributed by atoms with Gasteiger partial charge in [-0.3, -0.25) is 4.79 Å². The van der Waals surface area contributed by atoms with Gasteiger partial charge in [-0.1, -0.05) is 6.07 Å². The number of phenolic OH excluding ortho intramolecular Hbond substituents is 2. The smallest absolute Gasteiger partial charge is 0.338 e. The first-order chi connectivity index (χ1) is 12.7. The van der Waals surface area contributed by atoms with Crippen molar-refractivity contribution in [3.05, 3.63) is 59.4 Å². The largest absolute Gasteiger partial charge is 0.504 e. The third kappa shape index (κ3) is 5.18. The van der Waals surface area contributed by atoms with E-state index in [4.69, 9.17) is 10.5 Å². The van der Waals surface area contributed by atoms with Crippen LogP contribution in [0.15, 0.2) is 42.5 Å². The fraction of sp³-hybridized carbons (Fsp3) is 0.263. The van der Waals surface area contributed by atoms with Crippen LogP contribution in [-0.4, -0.2) is 39.4 Å². The molecule has 0 fully saturated rings. The lowest BCUT2D eigenvalue weighted by molar-refractivity contribution is -0.139. The molecule has 0 bridgehead atoms. The lowest BCUT2D eigenvalue weighted by atomic mass is 9.87. The van der Waals surface area contributed by atoms with Crippen molar-refractivity contribution in [1.29, 1.82) is 0 Å². The van der Waals surface area contributed by atoms with Crippen LogP contribution in [0.1, 0.15) is 35.2 Å². The number of benzene rings is 2. The summed E-state index contributed by atoms with van der Waals surface area (Å²) in [6.45, 7) is 1.57. The fourth-order valence-corrected chi connectivity index (χ4v) is 2.68. The second-order valence-electron chi connectivity index (χ2n) is 6.18. The number of hydrogen-bond acceptors (Lipinski definition) is 6. The molecule has 2 aromatic rings. The van der Waals surface area contributed by atoms with Crippen molar-refractivity contribution >= 4 is 11.9 Å². The van der Waals surface area contributed by atoms with E-state index in [1.54, 1.807) is 6.92 Å². The zero-order valence-corrected chi connectivity index (χ0v) is 14.5. The molecule has 3 atom stereocenters. The molecule has 5 N–H and O–H groups in total. The summed E-state index contributed by atoms with van der Waals surface area (Å²) in [5.41, 5.74) is 6.30. The molecule has 0 amide bonds. The van der Waals surface area contributed by atoms with Gasteiger partial charge in [0.25, 0.3) is 0 Å². The van der Waals surface area contributed by atoms with Crippen LogP contribution in [0.2, 0.25) is 0 Å². The monoisotopic (exact) mass is 377 g/mol. The SMILES string of the molecule is C[C@@H](CC(c1ccc(O)c(O)c1)C(N)C(=O)O)OC(=O)c1ccc(F)cc1. The Morgan fingerprint density at radius 3 is 2.30 bits per heavy atom. The molecule has 2 unspecified atom stereocenters. The van der Waals surface area contributed by atoms with Gasteiger partial charge in [-0.05, 0) is 55.3 Å². The van der Waals surface area contributed by atoms with Crippen molar-refractivity contribution in [2.75, 3.05) is 0 Å². The van der Waals surface area contributed by atoms with E-state index in [2.05, 4.69) is 0 Å². The second-order valence-corrected chi connectivity index (χ2v) is 6.18. The Labute approximate surface area is 154 Å². The average molecular weight is 377 g/mol. The summed E-state index contributed by atoms with van der Waals surface area (Å²) in [6.07, 6.45) is -0.654. The van der Waals surface area contributed by atoms with E-state index in [-0.39, 0.29) is 17.7 Å². The highest BCUT2D eigenvalue weighted by molar-refractivity contribution is 5.89. The standard InChI is InChI=1S/C19H20FNO6/c1-10(27-19(26)11-2-5-13(20)6-3-11)8-14(17(21)18(24)25)12-4-7-15(22)16(23)9-12/h2-7,9-10,14,17,22-23H,8,21H2,1H3,(H,24,25)/t10-,14?,17?/m0/s1. The number of hydrogen-bond donors (Lipinski definition) is 4. The molecule has 8 heteroatoms. The molecule has 2 rings (SSSR count). The van der Waals surface area contributed by atoms with Crippen LogP contribution in [0.3, 0.4) is 0 Å². The number of aliphatic carboxylic acids is 1. The molecule has 0 radical (unpaired) electrons. The lowest BCUT2D eigenvalue weighted by Gasteiger charge is -2.25. The van der Waals surface area contributed by atoms with Gasteiger partial charge in [0.1, 0.15) is 18.0 Å². The minimum atomic E-state index is -1.32. The van der Waals surface area contributed by atoms with Crippen molar-refractivity contribution in [2.45, 2.75) is 31.4 Å². The Bertz CT molecular complexity index is 823. The number of aromatic hydroxyl groups is 2. The predicted octanol–water partition coefficient (Wildman–Crippen LogP) is 2.37. The lowest BCUT2D eigenvalue weighted by Crippen LogP contribution is -2.38. The highest BCUT2D eigenvalue weighted by Gasteiger charge is 2.29. The number of halogens is 1. The van der Waals surface area contributed by atoms with Crippen LogP contribution in [-0.2, 0) is 9.53 Å². The number of carbonyl (C=O) groups is 2. The van der Waals surface area contributed by atoms with E-state index in [0.29, 0.717) is 5.56 Å². The highest BCUT2D eigenvalue weighted by Crippen LogP contribution is 2.32. The van der Waals surface area contributed by atoms with E-state index >= 15 is 0 Å². The zero-order chi connectivity index (χ0) is 20.1. The molecule has 0 aliphatic carbocycles.